The van der Waals surface area contributed by atoms with Crippen LogP contribution in [0.1, 0.15) is 23.2 Å². The van der Waals surface area contributed by atoms with Crippen molar-refractivity contribution in [2.45, 2.75) is 25.0 Å². The summed E-state index contributed by atoms with van der Waals surface area (Å²) in [6.45, 7) is 5.11. The minimum Gasteiger partial charge on any atom is -0.372 e. The zero-order chi connectivity index (χ0) is 12.5. The maximum Gasteiger partial charge on any atom is 0.255 e. The number of thiophene rings is 1. The van der Waals surface area contributed by atoms with Crippen LogP contribution in [0.15, 0.2) is 29.5 Å². The fourth-order valence-electron chi connectivity index (χ4n) is 3.16. The van der Waals surface area contributed by atoms with Gasteiger partial charge < -0.3 is 9.64 Å². The Morgan fingerprint density at radius 3 is 3.22 bits per heavy atom. The molecule has 3 rings (SSSR count). The second-order valence-electron chi connectivity index (χ2n) is 4.96. The number of nitrogens with zero attached hydrogens (tertiary/aromatic N) is 1. The van der Waals surface area contributed by atoms with E-state index < -0.39 is 0 Å². The van der Waals surface area contributed by atoms with Gasteiger partial charge in [-0.1, -0.05) is 6.08 Å². The van der Waals surface area contributed by atoms with Gasteiger partial charge in [-0.15, -0.1) is 6.58 Å². The van der Waals surface area contributed by atoms with Gasteiger partial charge >= 0.3 is 0 Å². The molecule has 3 nitrogen and oxygen atoms in total. The summed E-state index contributed by atoms with van der Waals surface area (Å²) < 4.78 is 5.83. The average molecular weight is 263 g/mol. The van der Waals surface area contributed by atoms with Crippen molar-refractivity contribution in [3.05, 3.63) is 35.0 Å². The van der Waals surface area contributed by atoms with E-state index in [1.807, 2.05) is 21.7 Å². The van der Waals surface area contributed by atoms with Crippen molar-refractivity contribution in [3.8, 4) is 0 Å². The molecule has 3 atom stereocenters. The molecule has 1 aliphatic carbocycles. The summed E-state index contributed by atoms with van der Waals surface area (Å²) in [6, 6.07) is 2.17. The number of piperidine rings is 1. The number of fused-ring (bicyclic) bond motifs is 2. The third-order valence-corrected chi connectivity index (χ3v) is 4.63. The fraction of sp³-hybridized carbons (Fsp3) is 0.500. The summed E-state index contributed by atoms with van der Waals surface area (Å²) in [4.78, 5) is 14.4. The molecule has 0 spiro atoms. The van der Waals surface area contributed by atoms with E-state index in [0.717, 1.165) is 18.5 Å². The van der Waals surface area contributed by atoms with Crippen LogP contribution in [-0.4, -0.2) is 36.1 Å². The van der Waals surface area contributed by atoms with Gasteiger partial charge in [0.05, 0.1) is 24.3 Å². The average Bonchev–Trinajstić information content (AvgIpc) is 3.11. The van der Waals surface area contributed by atoms with Crippen LogP contribution in [0.5, 0.6) is 0 Å². The highest BCUT2D eigenvalue weighted by Crippen LogP contribution is 2.40. The molecule has 4 heteroatoms. The maximum absolute atomic E-state index is 12.4. The Kier molecular flexibility index (Phi) is 3.22. The van der Waals surface area contributed by atoms with E-state index in [-0.39, 0.29) is 18.1 Å². The van der Waals surface area contributed by atoms with Crippen LogP contribution in [0, 0.1) is 5.92 Å². The Bertz CT molecular complexity index is 443. The summed E-state index contributed by atoms with van der Waals surface area (Å²) in [5.41, 5.74) is 0.815. The Morgan fingerprint density at radius 2 is 2.50 bits per heavy atom. The molecule has 0 radical (unpaired) electrons. The molecule has 1 amide bonds. The number of rotatable bonds is 4. The lowest BCUT2D eigenvalue weighted by atomic mass is 10.1. The van der Waals surface area contributed by atoms with E-state index >= 15 is 0 Å². The SMILES string of the molecule is C=CCO[C@H]1[C@H]2CC[C@H]1N(C(=O)c1ccsc1)C2. The molecular weight excluding hydrogens is 246 g/mol. The lowest BCUT2D eigenvalue weighted by Gasteiger charge is -2.27. The smallest absolute Gasteiger partial charge is 0.255 e. The van der Waals surface area contributed by atoms with Crippen molar-refractivity contribution in [1.29, 1.82) is 0 Å². The number of amides is 1. The Labute approximate surface area is 111 Å². The molecular formula is C14H17NO2S. The van der Waals surface area contributed by atoms with E-state index in [4.69, 9.17) is 4.74 Å². The monoisotopic (exact) mass is 263 g/mol. The zero-order valence-corrected chi connectivity index (χ0v) is 11.1. The first kappa shape index (κ1) is 11.9. The predicted molar refractivity (Wildman–Crippen MR) is 71.8 cm³/mol. The van der Waals surface area contributed by atoms with Gasteiger partial charge in [0.15, 0.2) is 0 Å². The molecule has 1 aromatic heterocycles. The summed E-state index contributed by atoms with van der Waals surface area (Å²) in [7, 11) is 0. The molecule has 0 unspecified atom stereocenters. The molecule has 2 heterocycles. The van der Waals surface area contributed by atoms with Crippen molar-refractivity contribution in [3.63, 3.8) is 0 Å². The minimum absolute atomic E-state index is 0.163. The highest BCUT2D eigenvalue weighted by atomic mass is 32.1. The molecule has 2 bridgehead atoms. The maximum atomic E-state index is 12.4. The van der Waals surface area contributed by atoms with Crippen LogP contribution in [0.4, 0.5) is 0 Å². The zero-order valence-electron chi connectivity index (χ0n) is 10.2. The molecule has 1 aliphatic heterocycles. The molecule has 1 saturated heterocycles. The normalized spacial score (nSPS) is 29.8. The summed E-state index contributed by atoms with van der Waals surface area (Å²) in [6.07, 6.45) is 4.25. The Morgan fingerprint density at radius 1 is 1.61 bits per heavy atom. The number of hydrogen-bond donors (Lipinski definition) is 0. The fourth-order valence-corrected chi connectivity index (χ4v) is 3.79. The van der Waals surface area contributed by atoms with Gasteiger partial charge in [-0.3, -0.25) is 4.79 Å². The molecule has 2 fully saturated rings. The van der Waals surface area contributed by atoms with Crippen LogP contribution in [0.3, 0.4) is 0 Å². The van der Waals surface area contributed by atoms with Gasteiger partial charge in [0.25, 0.3) is 5.91 Å². The van der Waals surface area contributed by atoms with E-state index in [9.17, 15) is 4.79 Å². The first-order valence-electron chi connectivity index (χ1n) is 6.37. The van der Waals surface area contributed by atoms with Gasteiger partial charge in [-0.05, 0) is 24.3 Å². The lowest BCUT2D eigenvalue weighted by Crippen LogP contribution is -2.39. The molecule has 1 aromatic rings. The van der Waals surface area contributed by atoms with Gasteiger partial charge in [-0.2, -0.15) is 11.3 Å². The number of ether oxygens (including phenoxy) is 1. The first-order valence-corrected chi connectivity index (χ1v) is 7.31. The molecule has 0 aromatic carbocycles. The van der Waals surface area contributed by atoms with Gasteiger partial charge in [-0.25, -0.2) is 0 Å². The highest BCUT2D eigenvalue weighted by molar-refractivity contribution is 7.08. The predicted octanol–water partition coefficient (Wildman–Crippen LogP) is 2.55. The van der Waals surface area contributed by atoms with E-state index in [0.29, 0.717) is 12.5 Å². The summed E-state index contributed by atoms with van der Waals surface area (Å²) in [5, 5.41) is 3.88. The quantitative estimate of drug-likeness (QED) is 0.781. The standard InChI is InChI=1S/C14H17NO2S/c1-2-6-17-13-10-3-4-12(13)15(8-10)14(16)11-5-7-18-9-11/h2,5,7,9-10,12-13H,1,3-4,6,8H2/t10-,12+,13-/m0/s1. The summed E-state index contributed by atoms with van der Waals surface area (Å²) >= 11 is 1.57. The van der Waals surface area contributed by atoms with Crippen LogP contribution in [0.25, 0.3) is 0 Å². The van der Waals surface area contributed by atoms with Crippen molar-refractivity contribution in [2.24, 2.45) is 5.92 Å². The molecule has 2 aliphatic rings. The van der Waals surface area contributed by atoms with E-state index in [2.05, 4.69) is 6.58 Å². The second-order valence-corrected chi connectivity index (χ2v) is 5.74. The number of likely N-dealkylation sites (tertiary alicyclic amines) is 1. The molecule has 0 N–H and O–H groups in total. The first-order chi connectivity index (χ1) is 8.81. The minimum atomic E-state index is 0.163. The Balaban J connectivity index is 1.73. The molecule has 96 valence electrons. The largest absolute Gasteiger partial charge is 0.372 e. The third-order valence-electron chi connectivity index (χ3n) is 3.94. The number of hydrogen-bond acceptors (Lipinski definition) is 3. The van der Waals surface area contributed by atoms with E-state index in [1.54, 1.807) is 17.4 Å². The van der Waals surface area contributed by atoms with Gasteiger partial charge in [0.2, 0.25) is 0 Å². The van der Waals surface area contributed by atoms with Crippen LogP contribution < -0.4 is 0 Å². The van der Waals surface area contributed by atoms with Crippen molar-refractivity contribution < 1.29 is 9.53 Å². The second kappa shape index (κ2) is 4.86. The molecule has 1 saturated carbocycles. The van der Waals surface area contributed by atoms with Crippen molar-refractivity contribution >= 4 is 17.2 Å². The lowest BCUT2D eigenvalue weighted by molar-refractivity contribution is 0.0409. The van der Waals surface area contributed by atoms with Crippen LogP contribution in [-0.2, 0) is 4.74 Å². The Hall–Kier alpha value is -1.13. The van der Waals surface area contributed by atoms with Gasteiger partial charge in [0.1, 0.15) is 0 Å². The highest BCUT2D eigenvalue weighted by Gasteiger charge is 2.49. The third kappa shape index (κ3) is 1.89. The van der Waals surface area contributed by atoms with E-state index in [1.165, 1.54) is 6.42 Å². The molecule has 18 heavy (non-hydrogen) atoms. The summed E-state index contributed by atoms with van der Waals surface area (Å²) in [5.74, 6) is 0.674. The topological polar surface area (TPSA) is 29.5 Å². The van der Waals surface area contributed by atoms with Crippen LogP contribution >= 0.6 is 11.3 Å². The van der Waals surface area contributed by atoms with Crippen molar-refractivity contribution in [2.75, 3.05) is 13.2 Å². The van der Waals surface area contributed by atoms with Crippen molar-refractivity contribution in [1.82, 2.24) is 4.90 Å². The number of carbonyl (C=O) groups is 1. The number of carbonyl (C=O) groups excluding carboxylic acids is 1. The van der Waals surface area contributed by atoms with Gasteiger partial charge in [0, 0.05) is 17.8 Å². The van der Waals surface area contributed by atoms with Crippen LogP contribution in [0.2, 0.25) is 0 Å².